The van der Waals surface area contributed by atoms with Crippen LogP contribution in [0.3, 0.4) is 0 Å². The van der Waals surface area contributed by atoms with Crippen molar-refractivity contribution in [1.29, 1.82) is 0 Å². The Morgan fingerprint density at radius 3 is 2.57 bits per heavy atom. The van der Waals surface area contributed by atoms with Gasteiger partial charge in [0.1, 0.15) is 0 Å². The third kappa shape index (κ3) is 5.01. The molecule has 1 amide bonds. The summed E-state index contributed by atoms with van der Waals surface area (Å²) in [5, 5.41) is 3.09. The molecular formula is C18H24N2O2S. The number of morpholine rings is 1. The highest BCUT2D eigenvalue weighted by Crippen LogP contribution is 2.18. The van der Waals surface area contributed by atoms with Gasteiger partial charge >= 0.3 is 0 Å². The lowest BCUT2D eigenvalue weighted by Gasteiger charge is -2.28. The van der Waals surface area contributed by atoms with Crippen LogP contribution in [0, 0.1) is 0 Å². The minimum Gasteiger partial charge on any atom is -0.378 e. The van der Waals surface area contributed by atoms with Gasteiger partial charge in [0.15, 0.2) is 0 Å². The lowest BCUT2D eigenvalue weighted by atomic mass is 10.1. The first-order valence-electron chi connectivity index (χ1n) is 8.30. The van der Waals surface area contributed by atoms with Gasteiger partial charge in [-0.1, -0.05) is 12.1 Å². The second kappa shape index (κ2) is 8.41. The number of amides is 1. The summed E-state index contributed by atoms with van der Waals surface area (Å²) >= 11 is 1.97. The van der Waals surface area contributed by atoms with Gasteiger partial charge in [-0.15, -0.1) is 0 Å². The molecule has 0 bridgehead atoms. The van der Waals surface area contributed by atoms with Crippen molar-refractivity contribution in [1.82, 2.24) is 5.32 Å². The second-order valence-electron chi connectivity index (χ2n) is 5.92. The summed E-state index contributed by atoms with van der Waals surface area (Å²) in [5.41, 5.74) is 2.27. The fourth-order valence-corrected chi connectivity index (χ4v) is 3.99. The van der Waals surface area contributed by atoms with Gasteiger partial charge < -0.3 is 15.0 Å². The van der Waals surface area contributed by atoms with E-state index in [0.717, 1.165) is 56.2 Å². The lowest BCUT2D eigenvalue weighted by Crippen LogP contribution is -2.36. The maximum absolute atomic E-state index is 12.0. The summed E-state index contributed by atoms with van der Waals surface area (Å²) < 4.78 is 5.37. The Balaban J connectivity index is 1.51. The molecular weight excluding hydrogens is 308 g/mol. The van der Waals surface area contributed by atoms with Crippen molar-refractivity contribution in [2.75, 3.05) is 42.7 Å². The van der Waals surface area contributed by atoms with E-state index < -0.39 is 0 Å². The van der Waals surface area contributed by atoms with Gasteiger partial charge in [-0.25, -0.2) is 0 Å². The SMILES string of the molecule is O=C(/C=C\c1ccc(N2CCOCC2)cc1)NC1CCSCC1. The predicted octanol–water partition coefficient (Wildman–Crippen LogP) is 2.55. The highest BCUT2D eigenvalue weighted by atomic mass is 32.2. The van der Waals surface area contributed by atoms with E-state index in [1.807, 2.05) is 17.8 Å². The summed E-state index contributed by atoms with van der Waals surface area (Å²) in [6, 6.07) is 8.69. The fraction of sp³-hybridized carbons (Fsp3) is 0.500. The third-order valence-corrected chi connectivity index (χ3v) is 5.31. The molecule has 23 heavy (non-hydrogen) atoms. The van der Waals surface area contributed by atoms with Crippen LogP contribution in [0.15, 0.2) is 30.3 Å². The molecule has 1 aromatic carbocycles. The molecule has 1 N–H and O–H groups in total. The number of hydrogen-bond donors (Lipinski definition) is 1. The third-order valence-electron chi connectivity index (χ3n) is 4.26. The number of benzene rings is 1. The number of carbonyl (C=O) groups excluding carboxylic acids is 1. The molecule has 2 heterocycles. The van der Waals surface area contributed by atoms with Crippen LogP contribution in [0.4, 0.5) is 5.69 Å². The Hall–Kier alpha value is -1.46. The summed E-state index contributed by atoms with van der Waals surface area (Å²) in [4.78, 5) is 14.3. The average molecular weight is 332 g/mol. The molecule has 2 saturated heterocycles. The summed E-state index contributed by atoms with van der Waals surface area (Å²) in [6.45, 7) is 3.47. The molecule has 0 radical (unpaired) electrons. The first-order chi connectivity index (χ1) is 11.3. The highest BCUT2D eigenvalue weighted by Gasteiger charge is 2.14. The summed E-state index contributed by atoms with van der Waals surface area (Å²) in [5.74, 6) is 2.31. The molecule has 0 aromatic heterocycles. The van der Waals surface area contributed by atoms with Crippen molar-refractivity contribution in [2.24, 2.45) is 0 Å². The van der Waals surface area contributed by atoms with E-state index in [1.165, 1.54) is 5.69 Å². The van der Waals surface area contributed by atoms with Crippen LogP contribution < -0.4 is 10.2 Å². The Morgan fingerprint density at radius 2 is 1.87 bits per heavy atom. The van der Waals surface area contributed by atoms with Crippen molar-refractivity contribution in [3.05, 3.63) is 35.9 Å². The number of ether oxygens (including phenoxy) is 1. The van der Waals surface area contributed by atoms with Crippen LogP contribution in [0.1, 0.15) is 18.4 Å². The van der Waals surface area contributed by atoms with Crippen molar-refractivity contribution < 1.29 is 9.53 Å². The first kappa shape index (κ1) is 16.4. The fourth-order valence-electron chi connectivity index (χ4n) is 2.88. The molecule has 2 aliphatic rings. The minimum absolute atomic E-state index is 0.0131. The first-order valence-corrected chi connectivity index (χ1v) is 9.46. The molecule has 0 atom stereocenters. The zero-order chi connectivity index (χ0) is 15.9. The van der Waals surface area contributed by atoms with Gasteiger partial charge in [0.2, 0.25) is 5.91 Å². The van der Waals surface area contributed by atoms with E-state index >= 15 is 0 Å². The van der Waals surface area contributed by atoms with E-state index in [4.69, 9.17) is 4.74 Å². The van der Waals surface area contributed by atoms with Gasteiger partial charge in [0.05, 0.1) is 13.2 Å². The molecule has 3 rings (SSSR count). The van der Waals surface area contributed by atoms with Crippen LogP contribution in [-0.4, -0.2) is 49.8 Å². The number of nitrogens with zero attached hydrogens (tertiary/aromatic N) is 1. The monoisotopic (exact) mass is 332 g/mol. The molecule has 0 saturated carbocycles. The average Bonchev–Trinajstić information content (AvgIpc) is 2.62. The van der Waals surface area contributed by atoms with E-state index in [2.05, 4.69) is 34.5 Å². The minimum atomic E-state index is 0.0131. The maximum Gasteiger partial charge on any atom is 0.244 e. The molecule has 0 spiro atoms. The normalized spacial score (nSPS) is 19.9. The van der Waals surface area contributed by atoms with Crippen molar-refractivity contribution in [2.45, 2.75) is 18.9 Å². The number of rotatable bonds is 4. The standard InChI is InChI=1S/C18H24N2O2S/c21-18(19-16-7-13-23-14-8-16)6-3-15-1-4-17(5-2-15)20-9-11-22-12-10-20/h1-6,16H,7-14H2,(H,19,21)/b6-3-. The molecule has 124 valence electrons. The van der Waals surface area contributed by atoms with E-state index in [9.17, 15) is 4.79 Å². The molecule has 2 fully saturated rings. The Morgan fingerprint density at radius 1 is 1.17 bits per heavy atom. The number of carbonyl (C=O) groups is 1. The van der Waals surface area contributed by atoms with Crippen LogP contribution in [0.25, 0.3) is 6.08 Å². The van der Waals surface area contributed by atoms with Crippen molar-refractivity contribution in [3.63, 3.8) is 0 Å². The quantitative estimate of drug-likeness (QED) is 0.861. The predicted molar refractivity (Wildman–Crippen MR) is 97.0 cm³/mol. The molecule has 1 aromatic rings. The lowest BCUT2D eigenvalue weighted by molar-refractivity contribution is -0.117. The largest absolute Gasteiger partial charge is 0.378 e. The van der Waals surface area contributed by atoms with Crippen LogP contribution in [0.2, 0.25) is 0 Å². The zero-order valence-electron chi connectivity index (χ0n) is 13.4. The van der Waals surface area contributed by atoms with E-state index in [0.29, 0.717) is 6.04 Å². The van der Waals surface area contributed by atoms with E-state index in [1.54, 1.807) is 6.08 Å². The molecule has 2 aliphatic heterocycles. The van der Waals surface area contributed by atoms with Gasteiger partial charge in [0, 0.05) is 30.9 Å². The maximum atomic E-state index is 12.0. The van der Waals surface area contributed by atoms with Gasteiger partial charge in [0.25, 0.3) is 0 Å². The van der Waals surface area contributed by atoms with Crippen LogP contribution in [0.5, 0.6) is 0 Å². The van der Waals surface area contributed by atoms with E-state index in [-0.39, 0.29) is 5.91 Å². The number of nitrogens with one attached hydrogen (secondary N) is 1. The molecule has 5 heteroatoms. The summed E-state index contributed by atoms with van der Waals surface area (Å²) in [6.07, 6.45) is 5.69. The summed E-state index contributed by atoms with van der Waals surface area (Å²) in [7, 11) is 0. The highest BCUT2D eigenvalue weighted by molar-refractivity contribution is 7.99. The topological polar surface area (TPSA) is 41.6 Å². The Kier molecular flexibility index (Phi) is 6.00. The second-order valence-corrected chi connectivity index (χ2v) is 7.14. The molecule has 4 nitrogen and oxygen atoms in total. The smallest absolute Gasteiger partial charge is 0.244 e. The van der Waals surface area contributed by atoms with Gasteiger partial charge in [-0.2, -0.15) is 11.8 Å². The zero-order valence-corrected chi connectivity index (χ0v) is 14.2. The Bertz CT molecular complexity index is 532. The number of anilines is 1. The van der Waals surface area contributed by atoms with Crippen molar-refractivity contribution in [3.8, 4) is 0 Å². The molecule has 0 aliphatic carbocycles. The van der Waals surface area contributed by atoms with Crippen LogP contribution >= 0.6 is 11.8 Å². The molecule has 0 unspecified atom stereocenters. The van der Waals surface area contributed by atoms with Gasteiger partial charge in [-0.05, 0) is 48.1 Å². The Labute approximate surface area is 142 Å². The van der Waals surface area contributed by atoms with Crippen molar-refractivity contribution >= 4 is 29.4 Å². The number of hydrogen-bond acceptors (Lipinski definition) is 4. The van der Waals surface area contributed by atoms with Gasteiger partial charge in [-0.3, -0.25) is 4.79 Å². The number of thioether (sulfide) groups is 1. The van der Waals surface area contributed by atoms with Crippen LogP contribution in [-0.2, 0) is 9.53 Å².